The van der Waals surface area contributed by atoms with Gasteiger partial charge in [0.1, 0.15) is 0 Å². The number of carbonyl (C=O) groups excluding carboxylic acids is 2. The van der Waals surface area contributed by atoms with Crippen LogP contribution >= 0.6 is 0 Å². The molecule has 4 fully saturated rings. The maximum Gasteiger partial charge on any atom is 0.226 e. The Morgan fingerprint density at radius 1 is 1.00 bits per heavy atom. The van der Waals surface area contributed by atoms with Crippen molar-refractivity contribution in [2.45, 2.75) is 64.2 Å². The van der Waals surface area contributed by atoms with E-state index in [2.05, 4.69) is 29.7 Å². The Bertz CT molecular complexity index is 665. The van der Waals surface area contributed by atoms with Gasteiger partial charge in [-0.25, -0.2) is 0 Å². The summed E-state index contributed by atoms with van der Waals surface area (Å²) >= 11 is 0. The molecule has 28 heavy (non-hydrogen) atoms. The lowest BCUT2D eigenvalue weighted by Crippen LogP contribution is -2.53. The summed E-state index contributed by atoms with van der Waals surface area (Å²) in [6.45, 7) is 3.39. The molecule has 4 heteroatoms. The van der Waals surface area contributed by atoms with Crippen molar-refractivity contribution in [1.82, 2.24) is 10.6 Å². The maximum atomic E-state index is 12.9. The topological polar surface area (TPSA) is 58.2 Å². The first-order valence-electron chi connectivity index (χ1n) is 11.1. The zero-order valence-electron chi connectivity index (χ0n) is 17.1. The van der Waals surface area contributed by atoms with Crippen molar-refractivity contribution >= 4 is 11.8 Å². The lowest BCUT2D eigenvalue weighted by molar-refractivity contribution is -0.146. The van der Waals surface area contributed by atoms with Crippen LogP contribution in [-0.4, -0.2) is 24.9 Å². The van der Waals surface area contributed by atoms with E-state index in [4.69, 9.17) is 0 Å². The minimum absolute atomic E-state index is 0.0758. The molecule has 4 aliphatic rings. The van der Waals surface area contributed by atoms with Gasteiger partial charge in [0.15, 0.2) is 0 Å². The minimum Gasteiger partial charge on any atom is -0.356 e. The molecule has 2 N–H and O–H groups in total. The maximum absolute atomic E-state index is 12.9. The van der Waals surface area contributed by atoms with Gasteiger partial charge in [-0.05, 0) is 74.2 Å². The number of carbonyl (C=O) groups is 2. The Morgan fingerprint density at radius 3 is 2.21 bits per heavy atom. The first kappa shape index (κ1) is 19.5. The second kappa shape index (κ2) is 8.26. The highest BCUT2D eigenvalue weighted by atomic mass is 16.2. The third kappa shape index (κ3) is 4.26. The molecule has 1 atom stereocenters. The quantitative estimate of drug-likeness (QED) is 0.667. The predicted molar refractivity (Wildman–Crippen MR) is 111 cm³/mol. The van der Waals surface area contributed by atoms with E-state index in [1.807, 2.05) is 18.2 Å². The zero-order valence-corrected chi connectivity index (χ0v) is 17.1. The van der Waals surface area contributed by atoms with E-state index in [1.54, 1.807) is 0 Å². The van der Waals surface area contributed by atoms with Crippen LogP contribution in [0.3, 0.4) is 0 Å². The second-order valence-corrected chi connectivity index (χ2v) is 9.67. The highest BCUT2D eigenvalue weighted by Gasteiger charge is 2.54. The van der Waals surface area contributed by atoms with Gasteiger partial charge >= 0.3 is 0 Å². The molecule has 2 amide bonds. The molecular weight excluding hydrogens is 348 g/mol. The summed E-state index contributed by atoms with van der Waals surface area (Å²) in [5.74, 6) is 3.01. The van der Waals surface area contributed by atoms with Gasteiger partial charge in [-0.2, -0.15) is 0 Å². The molecule has 1 aromatic carbocycles. The Hall–Kier alpha value is -1.84. The standard InChI is InChI=1S/C24H34N2O2/c1-17(21-6-3-2-4-7-21)16-26-22(27)8-5-9-25-23(28)24-13-18-10-19(14-24)12-20(11-18)15-24/h2-4,6-7,17-20H,5,8-16H2,1H3,(H,25,28)(H,26,27). The van der Waals surface area contributed by atoms with E-state index >= 15 is 0 Å². The van der Waals surface area contributed by atoms with E-state index < -0.39 is 0 Å². The summed E-state index contributed by atoms with van der Waals surface area (Å²) in [6.07, 6.45) is 8.55. The van der Waals surface area contributed by atoms with Crippen LogP contribution in [0.5, 0.6) is 0 Å². The first-order valence-corrected chi connectivity index (χ1v) is 11.1. The van der Waals surface area contributed by atoms with Gasteiger partial charge in [-0.15, -0.1) is 0 Å². The Morgan fingerprint density at radius 2 is 1.61 bits per heavy atom. The molecule has 1 aromatic rings. The number of hydrogen-bond acceptors (Lipinski definition) is 2. The van der Waals surface area contributed by atoms with Gasteiger partial charge in [-0.3, -0.25) is 9.59 Å². The van der Waals surface area contributed by atoms with Crippen molar-refractivity contribution in [3.05, 3.63) is 35.9 Å². The summed E-state index contributed by atoms with van der Waals surface area (Å²) < 4.78 is 0. The molecule has 4 bridgehead atoms. The van der Waals surface area contributed by atoms with Crippen molar-refractivity contribution in [2.24, 2.45) is 23.2 Å². The number of amides is 2. The minimum atomic E-state index is -0.0812. The first-order chi connectivity index (χ1) is 13.5. The summed E-state index contributed by atoms with van der Waals surface area (Å²) in [4.78, 5) is 25.0. The van der Waals surface area contributed by atoms with Gasteiger partial charge in [0.2, 0.25) is 11.8 Å². The molecule has 0 spiro atoms. The van der Waals surface area contributed by atoms with Crippen molar-refractivity contribution in [3.63, 3.8) is 0 Å². The summed E-state index contributed by atoms with van der Waals surface area (Å²) in [5, 5.41) is 6.19. The smallest absolute Gasteiger partial charge is 0.226 e. The number of hydrogen-bond donors (Lipinski definition) is 2. The molecule has 152 valence electrons. The van der Waals surface area contributed by atoms with Gasteiger partial charge < -0.3 is 10.6 Å². The van der Waals surface area contributed by atoms with Gasteiger partial charge in [0.25, 0.3) is 0 Å². The average molecular weight is 383 g/mol. The molecule has 0 aromatic heterocycles. The third-order valence-corrected chi connectivity index (χ3v) is 7.36. The number of benzene rings is 1. The molecule has 0 saturated heterocycles. The largest absolute Gasteiger partial charge is 0.356 e. The SMILES string of the molecule is CC(CNC(=O)CCCNC(=O)C12CC3CC(CC(C3)C1)C2)c1ccccc1. The predicted octanol–water partition coefficient (Wildman–Crippen LogP) is 4.02. The Kier molecular flexibility index (Phi) is 5.75. The normalized spacial score (nSPS) is 31.4. The third-order valence-electron chi connectivity index (χ3n) is 7.36. The van der Waals surface area contributed by atoms with Crippen LogP contribution in [0.4, 0.5) is 0 Å². The fraction of sp³-hybridized carbons (Fsp3) is 0.667. The molecule has 5 rings (SSSR count). The van der Waals surface area contributed by atoms with Crippen LogP contribution in [0.2, 0.25) is 0 Å². The highest BCUT2D eigenvalue weighted by Crippen LogP contribution is 2.60. The van der Waals surface area contributed by atoms with Crippen molar-refractivity contribution in [1.29, 1.82) is 0 Å². The summed E-state index contributed by atoms with van der Waals surface area (Å²) in [7, 11) is 0. The molecule has 4 aliphatic carbocycles. The fourth-order valence-corrected chi connectivity index (χ4v) is 6.28. The second-order valence-electron chi connectivity index (χ2n) is 9.67. The highest BCUT2D eigenvalue weighted by molar-refractivity contribution is 5.83. The monoisotopic (exact) mass is 382 g/mol. The molecular formula is C24H34N2O2. The summed E-state index contributed by atoms with van der Waals surface area (Å²) in [6, 6.07) is 10.3. The lowest BCUT2D eigenvalue weighted by atomic mass is 9.49. The average Bonchev–Trinajstić information content (AvgIpc) is 2.69. The van der Waals surface area contributed by atoms with Crippen LogP contribution in [0, 0.1) is 23.2 Å². The van der Waals surface area contributed by atoms with Gasteiger partial charge in [0.05, 0.1) is 0 Å². The van der Waals surface area contributed by atoms with Gasteiger partial charge in [-0.1, -0.05) is 37.3 Å². The molecule has 4 nitrogen and oxygen atoms in total. The van der Waals surface area contributed by atoms with Crippen molar-refractivity contribution < 1.29 is 9.59 Å². The van der Waals surface area contributed by atoms with E-state index in [9.17, 15) is 9.59 Å². The van der Waals surface area contributed by atoms with Crippen molar-refractivity contribution in [3.8, 4) is 0 Å². The van der Waals surface area contributed by atoms with E-state index in [0.717, 1.165) is 37.0 Å². The molecule has 1 unspecified atom stereocenters. The van der Waals surface area contributed by atoms with E-state index in [0.29, 0.717) is 31.8 Å². The lowest BCUT2D eigenvalue weighted by Gasteiger charge is -2.55. The molecule has 4 saturated carbocycles. The molecule has 0 heterocycles. The number of rotatable bonds is 8. The van der Waals surface area contributed by atoms with E-state index in [1.165, 1.54) is 24.8 Å². The Balaban J connectivity index is 1.15. The zero-order chi connectivity index (χ0) is 19.6. The number of nitrogens with one attached hydrogen (secondary N) is 2. The van der Waals surface area contributed by atoms with Crippen molar-refractivity contribution in [2.75, 3.05) is 13.1 Å². The Labute approximate surface area is 168 Å². The van der Waals surface area contributed by atoms with E-state index in [-0.39, 0.29) is 17.2 Å². The van der Waals surface area contributed by atoms with Crippen LogP contribution < -0.4 is 10.6 Å². The van der Waals surface area contributed by atoms with Crippen LogP contribution in [0.15, 0.2) is 30.3 Å². The molecule has 0 aliphatic heterocycles. The summed E-state index contributed by atoms with van der Waals surface area (Å²) in [5.41, 5.74) is 1.16. The van der Waals surface area contributed by atoms with Crippen LogP contribution in [-0.2, 0) is 9.59 Å². The van der Waals surface area contributed by atoms with Gasteiger partial charge in [0, 0.05) is 24.9 Å². The van der Waals surface area contributed by atoms with Crippen LogP contribution in [0.25, 0.3) is 0 Å². The fourth-order valence-electron chi connectivity index (χ4n) is 6.28. The van der Waals surface area contributed by atoms with Crippen LogP contribution in [0.1, 0.15) is 69.8 Å². The molecule has 0 radical (unpaired) electrons.